The molecule has 1 saturated carbocycles. The van der Waals surface area contributed by atoms with Crippen LogP contribution in [-0.4, -0.2) is 35.3 Å². The van der Waals surface area contributed by atoms with Gasteiger partial charge >= 0.3 is 6.03 Å². The second kappa shape index (κ2) is 10.4. The third-order valence-electron chi connectivity index (χ3n) is 6.28. The second-order valence-corrected chi connectivity index (χ2v) is 9.63. The van der Waals surface area contributed by atoms with E-state index in [4.69, 9.17) is 16.9 Å². The summed E-state index contributed by atoms with van der Waals surface area (Å²) in [5.41, 5.74) is 3.72. The maximum Gasteiger partial charge on any atom is 0.329 e. The van der Waals surface area contributed by atoms with Crippen molar-refractivity contribution in [3.05, 3.63) is 59.1 Å². The Hall–Kier alpha value is -3.83. The number of nitrogens with zero attached hydrogens (tertiary/aromatic N) is 3. The molecule has 1 atom stereocenters. The molecule has 0 radical (unpaired) electrons. The molecular weight excluding hydrogens is 478 g/mol. The molecule has 4 amide bonds. The summed E-state index contributed by atoms with van der Waals surface area (Å²) in [6.45, 7) is 8.39. The highest BCUT2D eigenvalue weighted by molar-refractivity contribution is 6.32. The molecule has 2 N–H and O–H groups in total. The Bertz CT molecular complexity index is 1280. The number of nitrogens with one attached hydrogen (secondary N) is 2. The number of nitriles is 1. The van der Waals surface area contributed by atoms with E-state index < -0.39 is 0 Å². The van der Waals surface area contributed by atoms with Crippen LogP contribution in [0.15, 0.2) is 43.0 Å². The molecule has 9 heteroatoms. The summed E-state index contributed by atoms with van der Waals surface area (Å²) in [5.74, 6) is -0.656. The third kappa shape index (κ3) is 5.37. The van der Waals surface area contributed by atoms with Gasteiger partial charge in [0.2, 0.25) is 11.8 Å². The highest BCUT2D eigenvalue weighted by Gasteiger charge is 2.41. The molecule has 1 unspecified atom stereocenters. The van der Waals surface area contributed by atoms with Crippen molar-refractivity contribution in [2.24, 2.45) is 5.92 Å². The van der Waals surface area contributed by atoms with Crippen molar-refractivity contribution in [1.29, 1.82) is 5.26 Å². The minimum Gasteiger partial charge on any atom is -0.326 e. The van der Waals surface area contributed by atoms with Crippen LogP contribution in [0, 0.1) is 17.2 Å². The van der Waals surface area contributed by atoms with Gasteiger partial charge in [-0.15, -0.1) is 0 Å². The first kappa shape index (κ1) is 25.3. The summed E-state index contributed by atoms with van der Waals surface area (Å²) in [4.78, 5) is 41.5. The van der Waals surface area contributed by atoms with Crippen LogP contribution in [0.2, 0.25) is 5.02 Å². The molecule has 2 aliphatic rings. The van der Waals surface area contributed by atoms with Crippen LogP contribution in [0.4, 0.5) is 21.9 Å². The summed E-state index contributed by atoms with van der Waals surface area (Å²) < 4.78 is 0. The molecule has 4 rings (SSSR count). The van der Waals surface area contributed by atoms with E-state index in [0.717, 1.165) is 24.1 Å². The van der Waals surface area contributed by atoms with Crippen LogP contribution < -0.4 is 15.5 Å². The highest BCUT2D eigenvalue weighted by Crippen LogP contribution is 2.42. The van der Waals surface area contributed by atoms with Crippen LogP contribution in [0.3, 0.4) is 0 Å². The van der Waals surface area contributed by atoms with Crippen molar-refractivity contribution < 1.29 is 14.4 Å². The first-order chi connectivity index (χ1) is 17.2. The zero-order chi connectivity index (χ0) is 26.0. The molecular formula is C27H28ClN5O3. The van der Waals surface area contributed by atoms with Crippen molar-refractivity contribution in [3.8, 4) is 6.07 Å². The van der Waals surface area contributed by atoms with E-state index in [1.807, 2.05) is 36.9 Å². The maximum absolute atomic E-state index is 12.9. The summed E-state index contributed by atoms with van der Waals surface area (Å²) in [5, 5.41) is 14.9. The van der Waals surface area contributed by atoms with Crippen LogP contribution in [0.5, 0.6) is 0 Å². The molecule has 36 heavy (non-hydrogen) atoms. The Morgan fingerprint density at radius 3 is 2.31 bits per heavy atom. The molecule has 0 saturated heterocycles. The van der Waals surface area contributed by atoms with E-state index in [9.17, 15) is 14.4 Å². The predicted molar refractivity (Wildman–Crippen MR) is 141 cm³/mol. The number of anilines is 3. The van der Waals surface area contributed by atoms with Gasteiger partial charge in [0.15, 0.2) is 0 Å². The van der Waals surface area contributed by atoms with Crippen molar-refractivity contribution in [2.75, 3.05) is 22.1 Å². The molecule has 1 heterocycles. The summed E-state index contributed by atoms with van der Waals surface area (Å²) in [6.07, 6.45) is 2.28. The Morgan fingerprint density at radius 1 is 1.14 bits per heavy atom. The highest BCUT2D eigenvalue weighted by atomic mass is 35.5. The van der Waals surface area contributed by atoms with E-state index in [1.165, 1.54) is 6.07 Å². The molecule has 1 aliphatic carbocycles. The van der Waals surface area contributed by atoms with Gasteiger partial charge in [-0.3, -0.25) is 19.4 Å². The van der Waals surface area contributed by atoms with E-state index in [1.54, 1.807) is 23.1 Å². The Kier molecular flexibility index (Phi) is 7.32. The summed E-state index contributed by atoms with van der Waals surface area (Å²) >= 11 is 6.01. The summed E-state index contributed by atoms with van der Waals surface area (Å²) in [6, 6.07) is 12.3. The lowest BCUT2D eigenvalue weighted by Gasteiger charge is -2.38. The van der Waals surface area contributed by atoms with Gasteiger partial charge in [-0.1, -0.05) is 25.1 Å². The van der Waals surface area contributed by atoms with E-state index in [2.05, 4.69) is 17.2 Å². The topological polar surface area (TPSA) is 106 Å². The maximum atomic E-state index is 12.9. The fraction of sp³-hybridized carbons (Fsp3) is 0.333. The molecule has 1 aliphatic heterocycles. The second-order valence-electron chi connectivity index (χ2n) is 9.22. The number of halogens is 1. The molecule has 0 bridgehead atoms. The van der Waals surface area contributed by atoms with Gasteiger partial charge in [-0.25, -0.2) is 4.79 Å². The fourth-order valence-electron chi connectivity index (χ4n) is 4.37. The van der Waals surface area contributed by atoms with Crippen LogP contribution in [0.25, 0.3) is 5.70 Å². The molecule has 8 nitrogen and oxygen atoms in total. The van der Waals surface area contributed by atoms with Crippen LogP contribution in [-0.2, 0) is 9.59 Å². The number of hydrogen-bond donors (Lipinski definition) is 2. The van der Waals surface area contributed by atoms with Crippen LogP contribution >= 0.6 is 11.6 Å². The Morgan fingerprint density at radius 2 is 1.75 bits per heavy atom. The van der Waals surface area contributed by atoms with Gasteiger partial charge in [0.25, 0.3) is 0 Å². The van der Waals surface area contributed by atoms with Crippen LogP contribution in [0.1, 0.15) is 50.7 Å². The number of carbonyl (C=O) groups is 3. The number of benzene rings is 2. The smallest absolute Gasteiger partial charge is 0.326 e. The van der Waals surface area contributed by atoms with Gasteiger partial charge in [0.05, 0.1) is 16.3 Å². The zero-order valence-electron chi connectivity index (χ0n) is 20.3. The van der Waals surface area contributed by atoms with E-state index >= 15 is 0 Å². The van der Waals surface area contributed by atoms with Gasteiger partial charge in [-0.2, -0.15) is 5.26 Å². The molecule has 0 spiro atoms. The van der Waals surface area contributed by atoms with Crippen molar-refractivity contribution >= 4 is 52.2 Å². The van der Waals surface area contributed by atoms with Gasteiger partial charge in [0, 0.05) is 48.1 Å². The molecule has 2 aromatic rings. The quantitative estimate of drug-likeness (QED) is 0.487. The average molecular weight is 506 g/mol. The van der Waals surface area contributed by atoms with Gasteiger partial charge < -0.3 is 10.6 Å². The number of amides is 4. The minimum absolute atomic E-state index is 0.0512. The SMILES string of the molecule is C=C1c2cc(NC(=O)CC(C)CC(=O)Nc3ccc(C#N)c(Cl)c3)ccc2N(C2CC2)C(=O)N1CC. The Labute approximate surface area is 215 Å². The van der Waals surface area contributed by atoms with Gasteiger partial charge in [-0.05, 0) is 62.1 Å². The molecule has 2 aromatic carbocycles. The van der Waals surface area contributed by atoms with Gasteiger partial charge in [0.1, 0.15) is 6.07 Å². The average Bonchev–Trinajstić information content (AvgIpc) is 3.65. The first-order valence-corrected chi connectivity index (χ1v) is 12.3. The van der Waals surface area contributed by atoms with Crippen molar-refractivity contribution in [2.45, 2.75) is 45.6 Å². The van der Waals surface area contributed by atoms with E-state index in [0.29, 0.717) is 29.2 Å². The zero-order valence-corrected chi connectivity index (χ0v) is 21.1. The van der Waals surface area contributed by atoms with Crippen molar-refractivity contribution in [1.82, 2.24) is 4.90 Å². The standard InChI is InChI=1S/C27H28ClN5O3/c1-4-32-17(3)22-13-19(7-10-24(22)33(27(32)36)21-8-9-21)30-25(34)11-16(2)12-26(35)31-20-6-5-18(15-29)23(28)14-20/h5-7,10,13-14,16,21H,3-4,8-9,11-12H2,1-2H3,(H,30,34)(H,31,35). The number of urea groups is 1. The predicted octanol–water partition coefficient (Wildman–Crippen LogP) is 5.60. The first-order valence-electron chi connectivity index (χ1n) is 11.9. The third-order valence-corrected chi connectivity index (χ3v) is 6.60. The number of hydrogen-bond acceptors (Lipinski definition) is 4. The number of fused-ring (bicyclic) bond motifs is 1. The minimum atomic E-state index is -0.245. The molecule has 186 valence electrons. The lowest BCUT2D eigenvalue weighted by Crippen LogP contribution is -2.47. The molecule has 0 aromatic heterocycles. The number of carbonyl (C=O) groups excluding carboxylic acids is 3. The number of rotatable bonds is 8. The van der Waals surface area contributed by atoms with Crippen molar-refractivity contribution in [3.63, 3.8) is 0 Å². The largest absolute Gasteiger partial charge is 0.329 e. The lowest BCUT2D eigenvalue weighted by molar-refractivity contribution is -0.118. The summed E-state index contributed by atoms with van der Waals surface area (Å²) in [7, 11) is 0. The lowest BCUT2D eigenvalue weighted by atomic mass is 10.0. The monoisotopic (exact) mass is 505 g/mol. The molecule has 1 fully saturated rings. The van der Waals surface area contributed by atoms with E-state index in [-0.39, 0.29) is 47.7 Å². The fourth-order valence-corrected chi connectivity index (χ4v) is 4.60. The normalized spacial score (nSPS) is 15.7. The Balaban J connectivity index is 1.36.